The second-order valence-corrected chi connectivity index (χ2v) is 7.29. The summed E-state index contributed by atoms with van der Waals surface area (Å²) in [7, 11) is 0. The first-order valence-electron chi connectivity index (χ1n) is 9.60. The van der Waals surface area contributed by atoms with Crippen molar-refractivity contribution in [3.05, 3.63) is 95.6 Å². The first-order valence-corrected chi connectivity index (χ1v) is 9.60. The first-order chi connectivity index (χ1) is 13.7. The first kappa shape index (κ1) is 16.8. The molecular formula is C24H22N4. The molecule has 5 rings (SSSR count). The summed E-state index contributed by atoms with van der Waals surface area (Å²) in [6.45, 7) is 5.80. The fourth-order valence-electron chi connectivity index (χ4n) is 3.98. The van der Waals surface area contributed by atoms with Gasteiger partial charge in [-0.3, -0.25) is 0 Å². The maximum atomic E-state index is 4.69. The summed E-state index contributed by atoms with van der Waals surface area (Å²) in [4.78, 5) is 9.38. The summed E-state index contributed by atoms with van der Waals surface area (Å²) in [5.74, 6) is 2.09. The van der Waals surface area contributed by atoms with Crippen molar-refractivity contribution in [2.45, 2.75) is 26.9 Å². The van der Waals surface area contributed by atoms with Gasteiger partial charge in [-0.25, -0.2) is 9.97 Å². The molecule has 0 spiro atoms. The molecule has 0 aliphatic heterocycles. The Morgan fingerprint density at radius 3 is 1.57 bits per heavy atom. The van der Waals surface area contributed by atoms with E-state index in [1.54, 1.807) is 0 Å². The molecule has 2 heterocycles. The Kier molecular flexibility index (Phi) is 3.97. The highest BCUT2D eigenvalue weighted by Crippen LogP contribution is 2.20. The van der Waals surface area contributed by atoms with Crippen LogP contribution in [0.4, 0.5) is 0 Å². The molecule has 0 unspecified atom stereocenters. The largest absolute Gasteiger partial charge is 0.324 e. The van der Waals surface area contributed by atoms with Crippen molar-refractivity contribution in [2.24, 2.45) is 0 Å². The molecule has 3 aromatic carbocycles. The van der Waals surface area contributed by atoms with E-state index in [2.05, 4.69) is 93.6 Å². The number of hydrogen-bond acceptors (Lipinski definition) is 2. The Balaban J connectivity index is 1.48. The molecule has 28 heavy (non-hydrogen) atoms. The molecule has 0 radical (unpaired) electrons. The highest BCUT2D eigenvalue weighted by molar-refractivity contribution is 5.76. The minimum Gasteiger partial charge on any atom is -0.324 e. The molecule has 138 valence electrons. The van der Waals surface area contributed by atoms with E-state index in [1.165, 1.54) is 22.2 Å². The van der Waals surface area contributed by atoms with E-state index in [1.807, 2.05) is 12.1 Å². The predicted molar refractivity (Wildman–Crippen MR) is 114 cm³/mol. The molecule has 0 saturated heterocycles. The Hall–Kier alpha value is -3.40. The van der Waals surface area contributed by atoms with Crippen molar-refractivity contribution in [3.8, 4) is 0 Å². The molecule has 0 N–H and O–H groups in total. The summed E-state index contributed by atoms with van der Waals surface area (Å²) in [6.07, 6.45) is 0. The SMILES string of the molecule is Cc1nc2ccccc2n1Cc1cccc(Cn2c(C)nc3ccccc32)c1. The second-order valence-electron chi connectivity index (χ2n) is 7.29. The van der Waals surface area contributed by atoms with Gasteiger partial charge in [0.2, 0.25) is 0 Å². The summed E-state index contributed by atoms with van der Waals surface area (Å²) in [5.41, 5.74) is 7.04. The van der Waals surface area contributed by atoms with Crippen molar-refractivity contribution in [2.75, 3.05) is 0 Å². The van der Waals surface area contributed by atoms with E-state index >= 15 is 0 Å². The van der Waals surface area contributed by atoms with E-state index in [0.717, 1.165) is 35.8 Å². The number of hydrogen-bond donors (Lipinski definition) is 0. The molecular weight excluding hydrogens is 344 g/mol. The number of benzene rings is 3. The van der Waals surface area contributed by atoms with Crippen molar-refractivity contribution >= 4 is 22.1 Å². The smallest absolute Gasteiger partial charge is 0.107 e. The van der Waals surface area contributed by atoms with E-state index in [0.29, 0.717) is 0 Å². The molecule has 0 aliphatic carbocycles. The zero-order chi connectivity index (χ0) is 19.1. The average molecular weight is 366 g/mol. The third-order valence-corrected chi connectivity index (χ3v) is 5.36. The average Bonchev–Trinajstić information content (AvgIpc) is 3.19. The van der Waals surface area contributed by atoms with Crippen molar-refractivity contribution in [1.29, 1.82) is 0 Å². The van der Waals surface area contributed by atoms with E-state index in [4.69, 9.17) is 0 Å². The normalized spacial score (nSPS) is 11.5. The third kappa shape index (κ3) is 2.87. The molecule has 0 atom stereocenters. The number of aryl methyl sites for hydroxylation is 2. The number of imidazole rings is 2. The van der Waals surface area contributed by atoms with Crippen molar-refractivity contribution in [3.63, 3.8) is 0 Å². The maximum Gasteiger partial charge on any atom is 0.107 e. The summed E-state index contributed by atoms with van der Waals surface area (Å²) >= 11 is 0. The number of nitrogens with zero attached hydrogens (tertiary/aromatic N) is 4. The standard InChI is InChI=1S/C24H22N4/c1-17-25-21-10-3-5-12-23(21)27(17)15-19-8-7-9-20(14-19)16-28-18(2)26-22-11-4-6-13-24(22)28/h3-14H,15-16H2,1-2H3. The van der Waals surface area contributed by atoms with Crippen LogP contribution in [0.5, 0.6) is 0 Å². The Bertz CT molecular complexity index is 1200. The molecule has 0 saturated carbocycles. The van der Waals surface area contributed by atoms with Gasteiger partial charge >= 0.3 is 0 Å². The number of para-hydroxylation sites is 4. The Labute approximate surface area is 164 Å². The fourth-order valence-corrected chi connectivity index (χ4v) is 3.98. The van der Waals surface area contributed by atoms with E-state index in [9.17, 15) is 0 Å². The summed E-state index contributed by atoms with van der Waals surface area (Å²) in [5, 5.41) is 0. The lowest BCUT2D eigenvalue weighted by molar-refractivity contribution is 0.768. The zero-order valence-electron chi connectivity index (χ0n) is 16.1. The van der Waals surface area contributed by atoms with Gasteiger partial charge < -0.3 is 9.13 Å². The second kappa shape index (κ2) is 6.64. The predicted octanol–water partition coefficient (Wildman–Crippen LogP) is 5.10. The molecule has 0 amide bonds. The van der Waals surface area contributed by atoms with Gasteiger partial charge in [0, 0.05) is 13.1 Å². The van der Waals surface area contributed by atoms with Crippen LogP contribution in [0.1, 0.15) is 22.8 Å². The third-order valence-electron chi connectivity index (χ3n) is 5.36. The van der Waals surface area contributed by atoms with E-state index < -0.39 is 0 Å². The number of fused-ring (bicyclic) bond motifs is 2. The van der Waals surface area contributed by atoms with Gasteiger partial charge in [-0.05, 0) is 49.2 Å². The van der Waals surface area contributed by atoms with Crippen molar-refractivity contribution < 1.29 is 0 Å². The van der Waals surface area contributed by atoms with Crippen LogP contribution in [0, 0.1) is 13.8 Å². The monoisotopic (exact) mass is 366 g/mol. The van der Waals surface area contributed by atoms with Gasteiger partial charge in [-0.15, -0.1) is 0 Å². The highest BCUT2D eigenvalue weighted by atomic mass is 15.1. The molecule has 4 heteroatoms. The topological polar surface area (TPSA) is 35.6 Å². The van der Waals surface area contributed by atoms with Gasteiger partial charge in [0.1, 0.15) is 11.6 Å². The summed E-state index contributed by atoms with van der Waals surface area (Å²) in [6, 6.07) is 25.5. The lowest BCUT2D eigenvalue weighted by Gasteiger charge is -2.11. The minimum absolute atomic E-state index is 0.823. The van der Waals surface area contributed by atoms with E-state index in [-0.39, 0.29) is 0 Å². The summed E-state index contributed by atoms with van der Waals surface area (Å²) < 4.78 is 4.57. The van der Waals surface area contributed by atoms with Crippen LogP contribution in [0.15, 0.2) is 72.8 Å². The number of rotatable bonds is 4. The molecule has 4 nitrogen and oxygen atoms in total. The molecule has 5 aromatic rings. The van der Waals surface area contributed by atoms with Crippen LogP contribution >= 0.6 is 0 Å². The highest BCUT2D eigenvalue weighted by Gasteiger charge is 2.10. The lowest BCUT2D eigenvalue weighted by atomic mass is 10.1. The van der Waals surface area contributed by atoms with Crippen LogP contribution in [0.25, 0.3) is 22.1 Å². The fraction of sp³-hybridized carbons (Fsp3) is 0.167. The van der Waals surface area contributed by atoms with Gasteiger partial charge in [0.25, 0.3) is 0 Å². The quantitative estimate of drug-likeness (QED) is 0.444. The van der Waals surface area contributed by atoms with Crippen LogP contribution in [0.3, 0.4) is 0 Å². The van der Waals surface area contributed by atoms with Gasteiger partial charge in [0.05, 0.1) is 22.1 Å². The van der Waals surface area contributed by atoms with Gasteiger partial charge in [0.15, 0.2) is 0 Å². The minimum atomic E-state index is 0.823. The molecule has 0 aliphatic rings. The molecule has 2 aromatic heterocycles. The maximum absolute atomic E-state index is 4.69. The van der Waals surface area contributed by atoms with Crippen LogP contribution < -0.4 is 0 Å². The molecule has 0 bridgehead atoms. The lowest BCUT2D eigenvalue weighted by Crippen LogP contribution is -2.05. The van der Waals surface area contributed by atoms with Crippen molar-refractivity contribution in [1.82, 2.24) is 19.1 Å². The van der Waals surface area contributed by atoms with Gasteiger partial charge in [-0.2, -0.15) is 0 Å². The zero-order valence-corrected chi connectivity index (χ0v) is 16.1. The molecule has 0 fully saturated rings. The Morgan fingerprint density at radius 2 is 1.07 bits per heavy atom. The van der Waals surface area contributed by atoms with Crippen LogP contribution in [-0.4, -0.2) is 19.1 Å². The number of aromatic nitrogens is 4. The van der Waals surface area contributed by atoms with Crippen LogP contribution in [0.2, 0.25) is 0 Å². The van der Waals surface area contributed by atoms with Crippen LogP contribution in [-0.2, 0) is 13.1 Å². The Morgan fingerprint density at radius 1 is 0.607 bits per heavy atom. The van der Waals surface area contributed by atoms with Gasteiger partial charge in [-0.1, -0.05) is 48.5 Å².